The molecule has 1 heterocycles. The van der Waals surface area contributed by atoms with Crippen molar-refractivity contribution < 1.29 is 9.59 Å². The van der Waals surface area contributed by atoms with Gasteiger partial charge in [0.25, 0.3) is 5.91 Å². The third-order valence-electron chi connectivity index (χ3n) is 2.62. The van der Waals surface area contributed by atoms with Gasteiger partial charge in [-0.25, -0.2) is 4.98 Å². The highest BCUT2D eigenvalue weighted by Gasteiger charge is 2.15. The van der Waals surface area contributed by atoms with Crippen LogP contribution in [0.3, 0.4) is 0 Å². The summed E-state index contributed by atoms with van der Waals surface area (Å²) in [6, 6.07) is 3.29. The van der Waals surface area contributed by atoms with E-state index in [1.807, 2.05) is 6.92 Å². The van der Waals surface area contributed by atoms with Crippen LogP contribution >= 0.6 is 0 Å². The van der Waals surface area contributed by atoms with E-state index in [1.54, 1.807) is 19.2 Å². The van der Waals surface area contributed by atoms with E-state index in [-0.39, 0.29) is 30.6 Å². The number of hydrogen-bond acceptors (Lipinski definition) is 4. The highest BCUT2D eigenvalue weighted by atomic mass is 16.2. The van der Waals surface area contributed by atoms with Crippen LogP contribution < -0.4 is 11.1 Å². The molecule has 2 amide bonds. The highest BCUT2D eigenvalue weighted by Crippen LogP contribution is 2.02. The van der Waals surface area contributed by atoms with Crippen molar-refractivity contribution in [3.63, 3.8) is 0 Å². The molecule has 1 rings (SSSR count). The van der Waals surface area contributed by atoms with Crippen LogP contribution in [0, 0.1) is 11.8 Å². The summed E-state index contributed by atoms with van der Waals surface area (Å²) in [5.41, 5.74) is 6.25. The van der Waals surface area contributed by atoms with E-state index >= 15 is 0 Å². The fourth-order valence-corrected chi connectivity index (χ4v) is 1.55. The predicted molar refractivity (Wildman–Crippen MR) is 80.4 cm³/mol. The molecule has 112 valence electrons. The maximum absolute atomic E-state index is 12.1. The molecular formula is C15H20N4O2. The van der Waals surface area contributed by atoms with Crippen molar-refractivity contribution in [2.45, 2.75) is 13.3 Å². The molecule has 0 aliphatic heterocycles. The third-order valence-corrected chi connectivity index (χ3v) is 2.62. The molecule has 0 radical (unpaired) electrons. The van der Waals surface area contributed by atoms with E-state index in [4.69, 9.17) is 5.73 Å². The van der Waals surface area contributed by atoms with Crippen molar-refractivity contribution in [2.75, 3.05) is 26.7 Å². The first kappa shape index (κ1) is 16.7. The predicted octanol–water partition coefficient (Wildman–Crippen LogP) is -0.01000. The normalized spacial score (nSPS) is 9.48. The Balaban J connectivity index is 2.63. The molecule has 21 heavy (non-hydrogen) atoms. The van der Waals surface area contributed by atoms with Crippen molar-refractivity contribution in [1.29, 1.82) is 0 Å². The number of carbonyl (C=O) groups is 2. The molecule has 0 aliphatic rings. The first-order chi connectivity index (χ1) is 10.1. The number of hydrogen-bond donors (Lipinski definition) is 2. The van der Waals surface area contributed by atoms with Gasteiger partial charge in [-0.1, -0.05) is 18.8 Å². The van der Waals surface area contributed by atoms with Crippen LogP contribution in [0.4, 0.5) is 0 Å². The average Bonchev–Trinajstić information content (AvgIpc) is 2.50. The summed E-state index contributed by atoms with van der Waals surface area (Å²) >= 11 is 0. The number of nitrogens with zero attached hydrogens (tertiary/aromatic N) is 2. The minimum atomic E-state index is -0.306. The number of nitrogens with one attached hydrogen (secondary N) is 1. The second-order valence-corrected chi connectivity index (χ2v) is 4.45. The van der Waals surface area contributed by atoms with Crippen molar-refractivity contribution in [3.8, 4) is 11.8 Å². The van der Waals surface area contributed by atoms with Gasteiger partial charge in [0.15, 0.2) is 0 Å². The molecule has 0 atom stereocenters. The Morgan fingerprint density at radius 2 is 2.19 bits per heavy atom. The number of likely N-dealkylation sites (N-methyl/N-ethyl adjacent to an activating group) is 1. The summed E-state index contributed by atoms with van der Waals surface area (Å²) in [5.74, 6) is 5.05. The van der Waals surface area contributed by atoms with Crippen LogP contribution in [0.5, 0.6) is 0 Å². The molecule has 0 fully saturated rings. The SMILES string of the molecule is CCCNC(=O)CN(C)C(=O)c1ccc(C#CCN)cn1. The summed E-state index contributed by atoms with van der Waals surface area (Å²) in [6.07, 6.45) is 2.37. The van der Waals surface area contributed by atoms with E-state index in [0.717, 1.165) is 6.42 Å². The summed E-state index contributed by atoms with van der Waals surface area (Å²) in [4.78, 5) is 29.1. The summed E-state index contributed by atoms with van der Waals surface area (Å²) < 4.78 is 0. The Morgan fingerprint density at radius 3 is 2.76 bits per heavy atom. The topological polar surface area (TPSA) is 88.3 Å². The molecule has 0 aliphatic carbocycles. The summed E-state index contributed by atoms with van der Waals surface area (Å²) in [6.45, 7) is 2.85. The first-order valence-corrected chi connectivity index (χ1v) is 6.75. The first-order valence-electron chi connectivity index (χ1n) is 6.75. The molecule has 1 aromatic heterocycles. The van der Waals surface area contributed by atoms with Crippen LogP contribution in [0.1, 0.15) is 29.4 Å². The second kappa shape index (κ2) is 8.72. The molecule has 0 saturated carbocycles. The van der Waals surface area contributed by atoms with Crippen molar-refractivity contribution in [1.82, 2.24) is 15.2 Å². The van der Waals surface area contributed by atoms with Crippen LogP contribution in [0.15, 0.2) is 18.3 Å². The van der Waals surface area contributed by atoms with E-state index in [9.17, 15) is 9.59 Å². The lowest BCUT2D eigenvalue weighted by molar-refractivity contribution is -0.121. The molecule has 6 nitrogen and oxygen atoms in total. The third kappa shape index (κ3) is 5.63. The lowest BCUT2D eigenvalue weighted by Gasteiger charge is -2.16. The largest absolute Gasteiger partial charge is 0.355 e. The number of aromatic nitrogens is 1. The maximum Gasteiger partial charge on any atom is 0.272 e. The van der Waals surface area contributed by atoms with Crippen molar-refractivity contribution in [2.24, 2.45) is 5.73 Å². The van der Waals surface area contributed by atoms with Gasteiger partial charge in [0.2, 0.25) is 5.91 Å². The van der Waals surface area contributed by atoms with E-state index in [2.05, 4.69) is 22.1 Å². The van der Waals surface area contributed by atoms with Gasteiger partial charge >= 0.3 is 0 Å². The second-order valence-electron chi connectivity index (χ2n) is 4.45. The Labute approximate surface area is 124 Å². The fraction of sp³-hybridized carbons (Fsp3) is 0.400. The maximum atomic E-state index is 12.1. The van der Waals surface area contributed by atoms with Crippen LogP contribution in [0.2, 0.25) is 0 Å². The number of rotatable bonds is 5. The monoisotopic (exact) mass is 288 g/mol. The molecule has 0 spiro atoms. The number of nitrogens with two attached hydrogens (primary N) is 1. The van der Waals surface area contributed by atoms with Crippen molar-refractivity contribution >= 4 is 11.8 Å². The molecule has 1 aromatic rings. The Hall–Kier alpha value is -2.39. The van der Waals surface area contributed by atoms with Crippen molar-refractivity contribution in [3.05, 3.63) is 29.6 Å². The fourth-order valence-electron chi connectivity index (χ4n) is 1.55. The average molecular weight is 288 g/mol. The minimum absolute atomic E-state index is 0.00917. The van der Waals surface area contributed by atoms with Gasteiger partial charge in [-0.2, -0.15) is 0 Å². The van der Waals surface area contributed by atoms with Gasteiger partial charge in [0.05, 0.1) is 13.1 Å². The number of amides is 2. The summed E-state index contributed by atoms with van der Waals surface area (Å²) in [7, 11) is 1.57. The highest BCUT2D eigenvalue weighted by molar-refractivity contribution is 5.94. The van der Waals surface area contributed by atoms with Gasteiger partial charge in [0.1, 0.15) is 5.69 Å². The van der Waals surface area contributed by atoms with Gasteiger partial charge in [-0.05, 0) is 18.6 Å². The zero-order chi connectivity index (χ0) is 15.7. The Bertz CT molecular complexity index is 543. The molecule has 6 heteroatoms. The lowest BCUT2D eigenvalue weighted by Crippen LogP contribution is -2.38. The van der Waals surface area contributed by atoms with Gasteiger partial charge in [-0.3, -0.25) is 9.59 Å². The standard InChI is InChI=1S/C15H20N4O2/c1-3-9-17-14(20)11-19(2)15(21)13-7-6-12(10-18-13)5-4-8-16/h6-7,10H,3,8-9,11,16H2,1-2H3,(H,17,20). The Kier molecular flexibility index (Phi) is 6.92. The minimum Gasteiger partial charge on any atom is -0.355 e. The molecule has 0 aromatic carbocycles. The van der Waals surface area contributed by atoms with Crippen LogP contribution in [0.25, 0.3) is 0 Å². The van der Waals surface area contributed by atoms with Crippen LogP contribution in [-0.4, -0.2) is 48.4 Å². The van der Waals surface area contributed by atoms with E-state index < -0.39 is 0 Å². The smallest absolute Gasteiger partial charge is 0.272 e. The van der Waals surface area contributed by atoms with Crippen LogP contribution in [-0.2, 0) is 4.79 Å². The lowest BCUT2D eigenvalue weighted by atomic mass is 10.2. The number of carbonyl (C=O) groups excluding carboxylic acids is 2. The van der Waals surface area contributed by atoms with Gasteiger partial charge in [-0.15, -0.1) is 0 Å². The van der Waals surface area contributed by atoms with Gasteiger partial charge in [0, 0.05) is 25.4 Å². The zero-order valence-electron chi connectivity index (χ0n) is 12.3. The summed E-state index contributed by atoms with van der Waals surface area (Å²) in [5, 5.41) is 2.72. The molecule has 0 unspecified atom stereocenters. The molecule has 0 bridgehead atoms. The zero-order valence-corrected chi connectivity index (χ0v) is 12.3. The van der Waals surface area contributed by atoms with Gasteiger partial charge < -0.3 is 16.0 Å². The molecular weight excluding hydrogens is 268 g/mol. The Morgan fingerprint density at radius 1 is 1.43 bits per heavy atom. The van der Waals surface area contributed by atoms with E-state index in [0.29, 0.717) is 12.1 Å². The van der Waals surface area contributed by atoms with E-state index in [1.165, 1.54) is 11.1 Å². The number of pyridine rings is 1. The molecule has 3 N–H and O–H groups in total. The molecule has 0 saturated heterocycles. The quantitative estimate of drug-likeness (QED) is 0.746.